The van der Waals surface area contributed by atoms with E-state index in [1.165, 1.54) is 19.3 Å². The van der Waals surface area contributed by atoms with E-state index >= 15 is 0 Å². The highest BCUT2D eigenvalue weighted by Crippen LogP contribution is 2.29. The summed E-state index contributed by atoms with van der Waals surface area (Å²) in [5.41, 5.74) is 1.76. The van der Waals surface area contributed by atoms with Gasteiger partial charge in [0, 0.05) is 11.7 Å². The number of fused-ring (bicyclic) bond motifs is 1. The molecule has 0 spiro atoms. The summed E-state index contributed by atoms with van der Waals surface area (Å²) in [6.07, 6.45) is 5.66. The second kappa shape index (κ2) is 5.72. The van der Waals surface area contributed by atoms with Crippen molar-refractivity contribution in [2.45, 2.75) is 45.1 Å². The van der Waals surface area contributed by atoms with Crippen LogP contribution < -0.4 is 5.32 Å². The highest BCUT2D eigenvalue weighted by molar-refractivity contribution is 9.12. The molecule has 21 heavy (non-hydrogen) atoms. The Morgan fingerprint density at radius 1 is 1.14 bits per heavy atom. The summed E-state index contributed by atoms with van der Waals surface area (Å²) in [4.78, 5) is 29.3. The van der Waals surface area contributed by atoms with Gasteiger partial charge in [0.1, 0.15) is 11.4 Å². The summed E-state index contributed by atoms with van der Waals surface area (Å²) in [5.74, 6) is -0.360. The van der Waals surface area contributed by atoms with Gasteiger partial charge in [0.2, 0.25) is 11.6 Å². The molecule has 4 nitrogen and oxygen atoms in total. The van der Waals surface area contributed by atoms with Crippen LogP contribution in [0.15, 0.2) is 22.3 Å². The van der Waals surface area contributed by atoms with Gasteiger partial charge in [-0.25, -0.2) is 4.98 Å². The van der Waals surface area contributed by atoms with Gasteiger partial charge in [0.25, 0.3) is 0 Å². The second-order valence-electron chi connectivity index (χ2n) is 5.68. The van der Waals surface area contributed by atoms with Crippen molar-refractivity contribution in [3.05, 3.63) is 39.3 Å². The average Bonchev–Trinajstić information content (AvgIpc) is 2.50. The minimum atomic E-state index is -0.189. The van der Waals surface area contributed by atoms with E-state index < -0.39 is 0 Å². The van der Waals surface area contributed by atoms with Crippen LogP contribution in [0, 0.1) is 6.92 Å². The number of hydrogen-bond donors (Lipinski definition) is 1. The topological polar surface area (TPSA) is 59.1 Å². The van der Waals surface area contributed by atoms with Crippen molar-refractivity contribution in [2.24, 2.45) is 0 Å². The van der Waals surface area contributed by atoms with E-state index in [0.717, 1.165) is 18.5 Å². The quantitative estimate of drug-likeness (QED) is 0.890. The molecule has 0 aromatic carbocycles. The van der Waals surface area contributed by atoms with E-state index in [9.17, 15) is 9.59 Å². The van der Waals surface area contributed by atoms with Crippen molar-refractivity contribution in [3.8, 4) is 0 Å². The molecule has 1 heterocycles. The number of Topliss-reactive ketones (excluding diaryl/α,β-unsaturated/α-hetero) is 2. The monoisotopic (exact) mass is 348 g/mol. The van der Waals surface area contributed by atoms with Gasteiger partial charge in [0.05, 0.1) is 10.0 Å². The number of ketones is 2. The molecule has 0 radical (unpaired) electrons. The number of carbonyl (C=O) groups excluding carboxylic acids is 2. The van der Waals surface area contributed by atoms with Gasteiger partial charge >= 0.3 is 0 Å². The maximum Gasteiger partial charge on any atom is 0.229 e. The summed E-state index contributed by atoms with van der Waals surface area (Å²) in [5, 5.41) is 3.27. The van der Waals surface area contributed by atoms with Crippen LogP contribution >= 0.6 is 15.9 Å². The first-order valence-corrected chi connectivity index (χ1v) is 8.10. The lowest BCUT2D eigenvalue weighted by Gasteiger charge is -2.27. The Hall–Kier alpha value is -1.49. The first-order chi connectivity index (χ1) is 10.1. The Labute approximate surface area is 132 Å². The summed E-state index contributed by atoms with van der Waals surface area (Å²) < 4.78 is 0.330. The molecule has 5 heteroatoms. The predicted octanol–water partition coefficient (Wildman–Crippen LogP) is 3.30. The average molecular weight is 349 g/mol. The second-order valence-corrected chi connectivity index (χ2v) is 6.47. The van der Waals surface area contributed by atoms with E-state index in [-0.39, 0.29) is 23.3 Å². The fourth-order valence-corrected chi connectivity index (χ4v) is 3.45. The molecular weight excluding hydrogens is 332 g/mol. The lowest BCUT2D eigenvalue weighted by Crippen LogP contribution is -2.37. The normalized spacial score (nSPS) is 19.7. The van der Waals surface area contributed by atoms with Crippen LogP contribution in [-0.4, -0.2) is 22.6 Å². The van der Waals surface area contributed by atoms with Crippen LogP contribution in [0.2, 0.25) is 0 Å². The van der Waals surface area contributed by atoms with Gasteiger partial charge in [-0.15, -0.1) is 0 Å². The van der Waals surface area contributed by atoms with Crippen molar-refractivity contribution in [1.82, 2.24) is 10.3 Å². The third kappa shape index (κ3) is 2.67. The number of nitrogens with one attached hydrogen (secondary N) is 1. The Bertz CT molecular complexity index is 646. The molecule has 1 aromatic heterocycles. The Balaban J connectivity index is 1.94. The summed E-state index contributed by atoms with van der Waals surface area (Å²) >= 11 is 3.29. The van der Waals surface area contributed by atoms with Gasteiger partial charge in [-0.2, -0.15) is 0 Å². The van der Waals surface area contributed by atoms with Gasteiger partial charge in [-0.3, -0.25) is 9.59 Å². The Morgan fingerprint density at radius 2 is 1.86 bits per heavy atom. The number of carbonyl (C=O) groups is 2. The number of halogens is 1. The van der Waals surface area contributed by atoms with Crippen molar-refractivity contribution < 1.29 is 9.59 Å². The zero-order valence-electron chi connectivity index (χ0n) is 11.9. The Kier molecular flexibility index (Phi) is 3.93. The fraction of sp³-hybridized carbons (Fsp3) is 0.438. The molecule has 3 rings (SSSR count). The summed E-state index contributed by atoms with van der Waals surface area (Å²) in [6, 6.07) is 3.70. The molecule has 2 aliphatic rings. The number of hydrogen-bond acceptors (Lipinski definition) is 4. The molecule has 0 bridgehead atoms. The van der Waals surface area contributed by atoms with Crippen LogP contribution in [0.3, 0.4) is 0 Å². The third-order valence-electron chi connectivity index (χ3n) is 4.09. The van der Waals surface area contributed by atoms with E-state index in [4.69, 9.17) is 0 Å². The molecule has 0 unspecified atom stereocenters. The van der Waals surface area contributed by atoms with Crippen molar-refractivity contribution in [2.75, 3.05) is 0 Å². The highest BCUT2D eigenvalue weighted by Gasteiger charge is 2.33. The van der Waals surface area contributed by atoms with Gasteiger partial charge in [0.15, 0.2) is 0 Å². The van der Waals surface area contributed by atoms with Crippen molar-refractivity contribution in [1.29, 1.82) is 0 Å². The molecule has 0 aliphatic heterocycles. The smallest absolute Gasteiger partial charge is 0.229 e. The summed E-state index contributed by atoms with van der Waals surface area (Å²) in [6.45, 7) is 1.82. The number of aryl methyl sites for hydroxylation is 1. The van der Waals surface area contributed by atoms with E-state index in [1.807, 2.05) is 6.92 Å². The van der Waals surface area contributed by atoms with Crippen molar-refractivity contribution >= 4 is 27.5 Å². The molecule has 1 fully saturated rings. The molecule has 1 saturated carbocycles. The molecule has 0 amide bonds. The first-order valence-electron chi connectivity index (χ1n) is 7.31. The number of pyridine rings is 1. The molecule has 1 N–H and O–H groups in total. The maximum atomic E-state index is 12.6. The molecule has 110 valence electrons. The minimum Gasteiger partial charge on any atom is -0.378 e. The Morgan fingerprint density at radius 3 is 2.57 bits per heavy atom. The molecule has 2 aliphatic carbocycles. The molecule has 0 atom stereocenters. The van der Waals surface area contributed by atoms with Gasteiger partial charge in [-0.1, -0.05) is 19.3 Å². The van der Waals surface area contributed by atoms with Crippen LogP contribution in [0.1, 0.15) is 58.6 Å². The van der Waals surface area contributed by atoms with Crippen molar-refractivity contribution in [3.63, 3.8) is 0 Å². The van der Waals surface area contributed by atoms with Gasteiger partial charge in [-0.05, 0) is 47.8 Å². The van der Waals surface area contributed by atoms with Crippen LogP contribution in [-0.2, 0) is 0 Å². The number of rotatable bonds is 2. The molecule has 0 saturated heterocycles. The van der Waals surface area contributed by atoms with Crippen LogP contribution in [0.25, 0.3) is 0 Å². The first kappa shape index (κ1) is 14.4. The third-order valence-corrected chi connectivity index (χ3v) is 4.85. The van der Waals surface area contributed by atoms with E-state index in [2.05, 4.69) is 26.2 Å². The number of allylic oxidation sites excluding steroid dienone is 2. The lowest BCUT2D eigenvalue weighted by molar-refractivity contribution is 0.0968. The SMILES string of the molecule is Cc1ccc2c(n1)C(=O)C(NC1CCCCC1)=C(Br)C2=O. The number of nitrogens with zero attached hydrogens (tertiary/aromatic N) is 1. The fourth-order valence-electron chi connectivity index (χ4n) is 2.94. The number of aromatic nitrogens is 1. The zero-order valence-corrected chi connectivity index (χ0v) is 13.5. The molecule has 1 aromatic rings. The minimum absolute atomic E-state index is 0.171. The highest BCUT2D eigenvalue weighted by atomic mass is 79.9. The standard InChI is InChI=1S/C16H17BrN2O2/c1-9-7-8-11-13(18-9)16(21)14(12(17)15(11)20)19-10-5-3-2-4-6-10/h7-8,10,19H,2-6H2,1H3. The maximum absolute atomic E-state index is 12.6. The molecular formula is C16H17BrN2O2. The van der Waals surface area contributed by atoms with E-state index in [1.54, 1.807) is 12.1 Å². The lowest BCUT2D eigenvalue weighted by atomic mass is 9.92. The zero-order chi connectivity index (χ0) is 15.0. The van der Waals surface area contributed by atoms with Gasteiger partial charge < -0.3 is 5.32 Å². The largest absolute Gasteiger partial charge is 0.378 e. The van der Waals surface area contributed by atoms with E-state index in [0.29, 0.717) is 15.7 Å². The predicted molar refractivity (Wildman–Crippen MR) is 83.6 cm³/mol. The summed E-state index contributed by atoms with van der Waals surface area (Å²) in [7, 11) is 0. The van der Waals surface area contributed by atoms with Crippen LogP contribution in [0.5, 0.6) is 0 Å². The van der Waals surface area contributed by atoms with Crippen LogP contribution in [0.4, 0.5) is 0 Å².